The molecule has 0 saturated carbocycles. The molecule has 0 aliphatic rings. The molecule has 0 heterocycles. The minimum Gasteiger partial charge on any atom is -0.342 e. The standard InChI is InChI=1S/2C5H12N.Mn/c2*1-4-5-6(2)3;/h2*1,4-5H2,2-3H3;/q2*-1;+2. The summed E-state index contributed by atoms with van der Waals surface area (Å²) >= 11 is 0. The molecule has 0 amide bonds. The zero-order valence-electron chi connectivity index (χ0n) is 9.52. The molecule has 0 aromatic heterocycles. The average molecular weight is 227 g/mol. The summed E-state index contributed by atoms with van der Waals surface area (Å²) in [6.45, 7) is 9.56. The van der Waals surface area contributed by atoms with Crippen LogP contribution in [0.15, 0.2) is 0 Å². The van der Waals surface area contributed by atoms with Crippen molar-refractivity contribution in [3.05, 3.63) is 13.8 Å². The zero-order valence-corrected chi connectivity index (χ0v) is 10.7. The van der Waals surface area contributed by atoms with Crippen LogP contribution in [0, 0.1) is 13.8 Å². The van der Waals surface area contributed by atoms with E-state index in [1.807, 2.05) is 28.2 Å². The summed E-state index contributed by atoms with van der Waals surface area (Å²) < 4.78 is 0. The van der Waals surface area contributed by atoms with Gasteiger partial charge in [-0.05, 0) is 41.3 Å². The van der Waals surface area contributed by atoms with Crippen molar-refractivity contribution in [1.82, 2.24) is 9.80 Å². The fraction of sp³-hybridized carbons (Fsp3) is 0.800. The van der Waals surface area contributed by atoms with Gasteiger partial charge in [-0.1, -0.05) is 0 Å². The molecule has 0 aromatic rings. The van der Waals surface area contributed by atoms with E-state index in [0.29, 0.717) is 0 Å². The molecular formula is C10H24MnN2. The molecule has 0 rings (SSSR count). The molecular weight excluding hydrogens is 203 g/mol. The van der Waals surface area contributed by atoms with Gasteiger partial charge in [-0.15, -0.1) is 0 Å². The summed E-state index contributed by atoms with van der Waals surface area (Å²) in [6, 6.07) is 0. The molecule has 0 aromatic carbocycles. The van der Waals surface area contributed by atoms with E-state index >= 15 is 0 Å². The van der Waals surface area contributed by atoms with Gasteiger partial charge in [-0.2, -0.15) is 12.8 Å². The van der Waals surface area contributed by atoms with Crippen molar-refractivity contribution in [1.29, 1.82) is 0 Å². The Balaban J connectivity index is -0.000000143. The fourth-order valence-corrected chi connectivity index (χ4v) is 0.632. The molecule has 13 heavy (non-hydrogen) atoms. The first-order chi connectivity index (χ1) is 5.54. The van der Waals surface area contributed by atoms with Crippen LogP contribution in [0.1, 0.15) is 12.8 Å². The van der Waals surface area contributed by atoms with Crippen LogP contribution in [0.2, 0.25) is 0 Å². The van der Waals surface area contributed by atoms with E-state index in [1.165, 1.54) is 0 Å². The molecule has 0 aliphatic carbocycles. The van der Waals surface area contributed by atoms with Gasteiger partial charge in [0.1, 0.15) is 0 Å². The van der Waals surface area contributed by atoms with Crippen molar-refractivity contribution in [2.24, 2.45) is 0 Å². The Kier molecular flexibility index (Phi) is 21.9. The van der Waals surface area contributed by atoms with Gasteiger partial charge >= 0.3 is 17.1 Å². The van der Waals surface area contributed by atoms with Crippen molar-refractivity contribution < 1.29 is 17.1 Å². The van der Waals surface area contributed by atoms with Crippen LogP contribution in [0.4, 0.5) is 0 Å². The Morgan fingerprint density at radius 2 is 1.00 bits per heavy atom. The van der Waals surface area contributed by atoms with Gasteiger partial charge < -0.3 is 23.6 Å². The first kappa shape index (κ1) is 19.1. The third-order valence-corrected chi connectivity index (χ3v) is 1.21. The third kappa shape index (κ3) is 32.7. The van der Waals surface area contributed by atoms with Crippen LogP contribution >= 0.6 is 0 Å². The van der Waals surface area contributed by atoms with Crippen LogP contribution in [0.25, 0.3) is 0 Å². The Hall–Kier alpha value is 0.439. The number of hydrogen-bond donors (Lipinski definition) is 0. The Labute approximate surface area is 95.1 Å². The molecule has 0 bridgehead atoms. The maximum absolute atomic E-state index is 3.68. The molecule has 0 atom stereocenters. The predicted octanol–water partition coefficient (Wildman–Crippen LogP) is 1.54. The van der Waals surface area contributed by atoms with Gasteiger partial charge in [-0.25, -0.2) is 0 Å². The molecule has 2 nitrogen and oxygen atoms in total. The summed E-state index contributed by atoms with van der Waals surface area (Å²) in [5, 5.41) is 0. The van der Waals surface area contributed by atoms with Gasteiger partial charge in [0.2, 0.25) is 0 Å². The smallest absolute Gasteiger partial charge is 0.342 e. The predicted molar refractivity (Wildman–Crippen MR) is 57.1 cm³/mol. The largest absolute Gasteiger partial charge is 2.00 e. The van der Waals surface area contributed by atoms with E-state index in [4.69, 9.17) is 0 Å². The van der Waals surface area contributed by atoms with E-state index in [-0.39, 0.29) is 17.1 Å². The van der Waals surface area contributed by atoms with Gasteiger partial charge in [0.25, 0.3) is 0 Å². The molecule has 0 N–H and O–H groups in total. The second kappa shape index (κ2) is 14.9. The molecule has 0 aliphatic heterocycles. The maximum atomic E-state index is 3.68. The Morgan fingerprint density at radius 1 is 0.769 bits per heavy atom. The maximum Gasteiger partial charge on any atom is 2.00 e. The number of nitrogens with zero attached hydrogens (tertiary/aromatic N) is 2. The molecule has 3 heteroatoms. The molecule has 0 spiro atoms. The molecule has 0 unspecified atom stereocenters. The van der Waals surface area contributed by atoms with E-state index in [2.05, 4.69) is 23.6 Å². The summed E-state index contributed by atoms with van der Waals surface area (Å²) in [7, 11) is 8.19. The van der Waals surface area contributed by atoms with Crippen molar-refractivity contribution in [2.75, 3.05) is 41.3 Å². The van der Waals surface area contributed by atoms with Gasteiger partial charge in [-0.3, -0.25) is 0 Å². The SMILES string of the molecule is [CH2-]CCN(C)C.[CH2-]CCN(C)C.[Mn+2]. The fourth-order valence-electron chi connectivity index (χ4n) is 0.632. The summed E-state index contributed by atoms with van der Waals surface area (Å²) in [4.78, 5) is 4.24. The minimum atomic E-state index is 0. The number of hydrogen-bond acceptors (Lipinski definition) is 2. The van der Waals surface area contributed by atoms with E-state index in [1.54, 1.807) is 0 Å². The quantitative estimate of drug-likeness (QED) is 0.531. The summed E-state index contributed by atoms with van der Waals surface area (Å²) in [5.74, 6) is 0. The zero-order chi connectivity index (χ0) is 9.98. The average Bonchev–Trinajstić information content (AvgIpc) is 1.87. The van der Waals surface area contributed by atoms with Crippen molar-refractivity contribution >= 4 is 0 Å². The third-order valence-electron chi connectivity index (χ3n) is 1.21. The van der Waals surface area contributed by atoms with Crippen LogP contribution in [-0.2, 0) is 17.1 Å². The van der Waals surface area contributed by atoms with E-state index in [9.17, 15) is 0 Å². The van der Waals surface area contributed by atoms with E-state index in [0.717, 1.165) is 25.9 Å². The summed E-state index contributed by atoms with van der Waals surface area (Å²) in [5.41, 5.74) is 0. The monoisotopic (exact) mass is 227 g/mol. The van der Waals surface area contributed by atoms with Gasteiger partial charge in [0.05, 0.1) is 0 Å². The van der Waals surface area contributed by atoms with Gasteiger partial charge in [0.15, 0.2) is 0 Å². The molecule has 0 saturated heterocycles. The first-order valence-corrected chi connectivity index (χ1v) is 4.42. The number of rotatable bonds is 4. The Bertz CT molecular complexity index is 65.3. The van der Waals surface area contributed by atoms with Crippen LogP contribution in [-0.4, -0.2) is 51.1 Å². The molecule has 81 valence electrons. The first-order valence-electron chi connectivity index (χ1n) is 4.42. The topological polar surface area (TPSA) is 6.48 Å². The molecule has 0 fully saturated rings. The van der Waals surface area contributed by atoms with Crippen LogP contribution in [0.5, 0.6) is 0 Å². The Morgan fingerprint density at radius 3 is 1.00 bits per heavy atom. The van der Waals surface area contributed by atoms with Crippen LogP contribution in [0.3, 0.4) is 0 Å². The van der Waals surface area contributed by atoms with Crippen molar-refractivity contribution in [3.63, 3.8) is 0 Å². The normalized spacial score (nSPS) is 9.23. The second-order valence-electron chi connectivity index (χ2n) is 3.31. The van der Waals surface area contributed by atoms with Crippen molar-refractivity contribution in [3.8, 4) is 0 Å². The van der Waals surface area contributed by atoms with Crippen LogP contribution < -0.4 is 0 Å². The van der Waals surface area contributed by atoms with Gasteiger partial charge in [0, 0.05) is 0 Å². The second-order valence-corrected chi connectivity index (χ2v) is 3.31. The minimum absolute atomic E-state index is 0. The summed E-state index contributed by atoms with van der Waals surface area (Å²) in [6.07, 6.45) is 2.01. The van der Waals surface area contributed by atoms with E-state index < -0.39 is 0 Å². The van der Waals surface area contributed by atoms with Crippen molar-refractivity contribution in [2.45, 2.75) is 12.8 Å². The molecule has 1 radical (unpaired) electrons.